The maximum Gasteiger partial charge on any atom is 0.119 e. The van der Waals surface area contributed by atoms with Crippen molar-refractivity contribution in [2.45, 2.75) is 25.3 Å². The molecule has 4 heteroatoms. The SMILES string of the molecule is CCOCCOc1ccc2c(c1)C1C=CCC1C(c1ccccc1Cl)N2. The molecule has 0 aromatic heterocycles. The molecule has 3 unspecified atom stereocenters. The van der Waals surface area contributed by atoms with Crippen LogP contribution in [0.1, 0.15) is 36.4 Å². The fraction of sp³-hybridized carbons (Fsp3) is 0.364. The minimum atomic E-state index is 0.223. The predicted octanol–water partition coefficient (Wildman–Crippen LogP) is 5.58. The highest BCUT2D eigenvalue weighted by atomic mass is 35.5. The second-order valence-corrected chi connectivity index (χ2v) is 7.20. The summed E-state index contributed by atoms with van der Waals surface area (Å²) in [7, 11) is 0. The predicted molar refractivity (Wildman–Crippen MR) is 106 cm³/mol. The van der Waals surface area contributed by atoms with Crippen LogP contribution in [-0.2, 0) is 4.74 Å². The minimum Gasteiger partial charge on any atom is -0.491 e. The summed E-state index contributed by atoms with van der Waals surface area (Å²) in [5.74, 6) is 1.77. The van der Waals surface area contributed by atoms with Gasteiger partial charge in [-0.25, -0.2) is 0 Å². The van der Waals surface area contributed by atoms with E-state index in [0.29, 0.717) is 25.0 Å². The van der Waals surface area contributed by atoms with Gasteiger partial charge in [0.25, 0.3) is 0 Å². The van der Waals surface area contributed by atoms with Crippen LogP contribution in [0.3, 0.4) is 0 Å². The highest BCUT2D eigenvalue weighted by molar-refractivity contribution is 6.31. The number of hydrogen-bond donors (Lipinski definition) is 1. The molecule has 0 fully saturated rings. The van der Waals surface area contributed by atoms with E-state index in [1.54, 1.807) is 0 Å². The van der Waals surface area contributed by atoms with Gasteiger partial charge >= 0.3 is 0 Å². The van der Waals surface area contributed by atoms with E-state index in [2.05, 4.69) is 41.7 Å². The third-order valence-corrected chi connectivity index (χ3v) is 5.62. The molecule has 1 aliphatic carbocycles. The van der Waals surface area contributed by atoms with Crippen molar-refractivity contribution in [3.8, 4) is 5.75 Å². The van der Waals surface area contributed by atoms with Crippen LogP contribution in [0.15, 0.2) is 54.6 Å². The molecule has 2 aliphatic rings. The van der Waals surface area contributed by atoms with Crippen LogP contribution in [0, 0.1) is 5.92 Å². The van der Waals surface area contributed by atoms with Gasteiger partial charge in [0.05, 0.1) is 12.6 Å². The van der Waals surface area contributed by atoms with Crippen molar-refractivity contribution < 1.29 is 9.47 Å². The summed E-state index contributed by atoms with van der Waals surface area (Å²) in [5.41, 5.74) is 3.65. The molecule has 136 valence electrons. The van der Waals surface area contributed by atoms with Crippen LogP contribution < -0.4 is 10.1 Å². The molecule has 1 aliphatic heterocycles. The standard InChI is InChI=1S/C22H24ClNO2/c1-2-25-12-13-26-15-10-11-21-19(14-15)16-7-5-8-17(16)22(24-21)18-6-3-4-9-20(18)23/h3-7,9-11,14,16-17,22,24H,2,8,12-13H2,1H3. The molecule has 4 rings (SSSR count). The van der Waals surface area contributed by atoms with Gasteiger partial charge in [-0.1, -0.05) is 42.0 Å². The highest BCUT2D eigenvalue weighted by Crippen LogP contribution is 2.51. The van der Waals surface area contributed by atoms with Crippen molar-refractivity contribution in [3.63, 3.8) is 0 Å². The first-order valence-corrected chi connectivity index (χ1v) is 9.68. The lowest BCUT2D eigenvalue weighted by molar-refractivity contribution is 0.110. The van der Waals surface area contributed by atoms with Gasteiger partial charge in [0.15, 0.2) is 0 Å². The fourth-order valence-corrected chi connectivity index (χ4v) is 4.31. The van der Waals surface area contributed by atoms with Crippen LogP contribution >= 0.6 is 11.6 Å². The van der Waals surface area contributed by atoms with Crippen molar-refractivity contribution in [2.24, 2.45) is 5.92 Å². The van der Waals surface area contributed by atoms with Gasteiger partial charge < -0.3 is 14.8 Å². The van der Waals surface area contributed by atoms with Crippen molar-refractivity contribution in [2.75, 3.05) is 25.1 Å². The quantitative estimate of drug-likeness (QED) is 0.532. The molecule has 2 aromatic carbocycles. The molecule has 1 heterocycles. The molecular weight excluding hydrogens is 346 g/mol. The Balaban J connectivity index is 1.60. The van der Waals surface area contributed by atoms with E-state index in [4.69, 9.17) is 21.1 Å². The molecule has 2 aromatic rings. The molecule has 3 atom stereocenters. The summed E-state index contributed by atoms with van der Waals surface area (Å²) < 4.78 is 11.2. The number of allylic oxidation sites excluding steroid dienone is 2. The molecule has 0 bridgehead atoms. The summed E-state index contributed by atoms with van der Waals surface area (Å²) in [6, 6.07) is 14.7. The number of anilines is 1. The van der Waals surface area contributed by atoms with E-state index in [0.717, 1.165) is 23.8 Å². The number of fused-ring (bicyclic) bond motifs is 3. The number of rotatable bonds is 6. The lowest BCUT2D eigenvalue weighted by Crippen LogP contribution is -2.29. The third-order valence-electron chi connectivity index (χ3n) is 5.28. The van der Waals surface area contributed by atoms with Gasteiger partial charge in [-0.15, -0.1) is 0 Å². The van der Waals surface area contributed by atoms with Gasteiger partial charge in [-0.2, -0.15) is 0 Å². The smallest absolute Gasteiger partial charge is 0.119 e. The number of halogens is 1. The Kier molecular flexibility index (Phi) is 5.18. The summed E-state index contributed by atoms with van der Waals surface area (Å²) >= 11 is 6.49. The Morgan fingerprint density at radius 3 is 2.85 bits per heavy atom. The molecular formula is C22H24ClNO2. The van der Waals surface area contributed by atoms with E-state index in [1.807, 2.05) is 25.1 Å². The van der Waals surface area contributed by atoms with Gasteiger partial charge in [0.1, 0.15) is 12.4 Å². The molecule has 3 nitrogen and oxygen atoms in total. The van der Waals surface area contributed by atoms with Crippen LogP contribution in [0.4, 0.5) is 5.69 Å². The second kappa shape index (κ2) is 7.73. The summed E-state index contributed by atoms with van der Waals surface area (Å²) in [6.45, 7) is 3.90. The van der Waals surface area contributed by atoms with Crippen LogP contribution in [0.25, 0.3) is 0 Å². The second-order valence-electron chi connectivity index (χ2n) is 6.79. The maximum atomic E-state index is 6.49. The van der Waals surface area contributed by atoms with E-state index in [-0.39, 0.29) is 6.04 Å². The Bertz CT molecular complexity index is 804. The van der Waals surface area contributed by atoms with Crippen LogP contribution in [0.2, 0.25) is 5.02 Å². The van der Waals surface area contributed by atoms with E-state index >= 15 is 0 Å². The first-order chi connectivity index (χ1) is 12.8. The lowest BCUT2D eigenvalue weighted by Gasteiger charge is -2.38. The zero-order valence-corrected chi connectivity index (χ0v) is 15.7. The lowest BCUT2D eigenvalue weighted by atomic mass is 9.77. The Hall–Kier alpha value is -1.97. The van der Waals surface area contributed by atoms with Gasteiger partial charge in [-0.3, -0.25) is 0 Å². The maximum absolute atomic E-state index is 6.49. The monoisotopic (exact) mass is 369 g/mol. The summed E-state index contributed by atoms with van der Waals surface area (Å²) in [4.78, 5) is 0. The molecule has 26 heavy (non-hydrogen) atoms. The zero-order valence-electron chi connectivity index (χ0n) is 15.0. The molecule has 0 saturated heterocycles. The van der Waals surface area contributed by atoms with Crippen molar-refractivity contribution in [3.05, 3.63) is 70.8 Å². The van der Waals surface area contributed by atoms with Crippen molar-refractivity contribution in [1.82, 2.24) is 0 Å². The first kappa shape index (κ1) is 17.4. The molecule has 0 saturated carbocycles. The number of benzene rings is 2. The largest absolute Gasteiger partial charge is 0.491 e. The van der Waals surface area contributed by atoms with E-state index in [1.165, 1.54) is 16.8 Å². The topological polar surface area (TPSA) is 30.5 Å². The number of ether oxygens (including phenoxy) is 2. The van der Waals surface area contributed by atoms with E-state index in [9.17, 15) is 0 Å². The first-order valence-electron chi connectivity index (χ1n) is 9.30. The Labute approximate surface area is 160 Å². The Morgan fingerprint density at radius 1 is 1.12 bits per heavy atom. The number of hydrogen-bond acceptors (Lipinski definition) is 3. The number of nitrogens with one attached hydrogen (secondary N) is 1. The average Bonchev–Trinajstić information content (AvgIpc) is 3.15. The van der Waals surface area contributed by atoms with Crippen LogP contribution in [0.5, 0.6) is 5.75 Å². The molecule has 0 amide bonds. The van der Waals surface area contributed by atoms with Crippen molar-refractivity contribution in [1.29, 1.82) is 0 Å². The van der Waals surface area contributed by atoms with Gasteiger partial charge in [0.2, 0.25) is 0 Å². The third kappa shape index (κ3) is 3.34. The van der Waals surface area contributed by atoms with Crippen LogP contribution in [-0.4, -0.2) is 19.8 Å². The van der Waals surface area contributed by atoms with Crippen molar-refractivity contribution >= 4 is 17.3 Å². The zero-order chi connectivity index (χ0) is 17.9. The van der Waals surface area contributed by atoms with Gasteiger partial charge in [0, 0.05) is 23.2 Å². The molecule has 1 N–H and O–H groups in total. The summed E-state index contributed by atoms with van der Waals surface area (Å²) in [5, 5.41) is 4.55. The highest BCUT2D eigenvalue weighted by Gasteiger charge is 2.38. The molecule has 0 spiro atoms. The minimum absolute atomic E-state index is 0.223. The summed E-state index contributed by atoms with van der Waals surface area (Å²) in [6.07, 6.45) is 5.68. The Morgan fingerprint density at radius 2 is 2.00 bits per heavy atom. The van der Waals surface area contributed by atoms with E-state index < -0.39 is 0 Å². The van der Waals surface area contributed by atoms with Gasteiger partial charge in [-0.05, 0) is 54.7 Å². The average molecular weight is 370 g/mol. The fourth-order valence-electron chi connectivity index (χ4n) is 4.06. The molecule has 0 radical (unpaired) electrons. The normalized spacial score (nSPS) is 23.2.